The lowest BCUT2D eigenvalue weighted by molar-refractivity contribution is 0.151. The molecule has 0 saturated heterocycles. The molecule has 0 amide bonds. The topological polar surface area (TPSA) is 48.1 Å². The lowest BCUT2D eigenvalue weighted by Crippen LogP contribution is -2.37. The minimum Gasteiger partial charge on any atom is -0.481 e. The molecule has 0 radical (unpaired) electrons. The molecule has 1 heterocycles. The third-order valence-corrected chi connectivity index (χ3v) is 2.35. The second kappa shape index (κ2) is 3.92. The van der Waals surface area contributed by atoms with Crippen molar-refractivity contribution in [2.45, 2.75) is 25.6 Å². The van der Waals surface area contributed by atoms with Crippen molar-refractivity contribution < 1.29 is 9.13 Å². The summed E-state index contributed by atoms with van der Waals surface area (Å²) in [7, 11) is 1.46. The number of alkyl halides is 1. The molecular weight excluding hydrogens is 183 g/mol. The van der Waals surface area contributed by atoms with Gasteiger partial charge in [-0.2, -0.15) is 0 Å². The van der Waals surface area contributed by atoms with Gasteiger partial charge in [0.15, 0.2) is 5.67 Å². The van der Waals surface area contributed by atoms with Crippen LogP contribution in [0.4, 0.5) is 4.39 Å². The molecule has 0 aliphatic rings. The van der Waals surface area contributed by atoms with E-state index < -0.39 is 11.7 Å². The average Bonchev–Trinajstić information content (AvgIpc) is 2.17. The maximum absolute atomic E-state index is 14.1. The molecule has 0 fully saturated rings. The van der Waals surface area contributed by atoms with Crippen LogP contribution in [0.1, 0.15) is 19.4 Å². The van der Waals surface area contributed by atoms with Gasteiger partial charge in [0.1, 0.15) is 0 Å². The van der Waals surface area contributed by atoms with Gasteiger partial charge < -0.3 is 10.5 Å². The van der Waals surface area contributed by atoms with E-state index in [1.165, 1.54) is 14.0 Å². The van der Waals surface area contributed by atoms with E-state index in [1.54, 1.807) is 25.3 Å². The molecule has 0 saturated carbocycles. The number of pyridine rings is 1. The first-order valence-electron chi connectivity index (χ1n) is 4.44. The predicted molar refractivity (Wildman–Crippen MR) is 52.9 cm³/mol. The molecule has 1 aromatic rings. The number of ether oxygens (including phenoxy) is 1. The normalized spacial score (nSPS) is 17.2. The minimum atomic E-state index is -1.63. The Bertz CT molecular complexity index is 313. The van der Waals surface area contributed by atoms with Crippen LogP contribution in [-0.4, -0.2) is 18.1 Å². The van der Waals surface area contributed by atoms with Crippen LogP contribution in [0.3, 0.4) is 0 Å². The van der Waals surface area contributed by atoms with Gasteiger partial charge in [-0.1, -0.05) is 0 Å². The Morgan fingerprint density at radius 1 is 1.64 bits per heavy atom. The maximum atomic E-state index is 14.1. The first-order valence-corrected chi connectivity index (χ1v) is 4.44. The maximum Gasteiger partial charge on any atom is 0.219 e. The summed E-state index contributed by atoms with van der Waals surface area (Å²) in [6.07, 6.45) is 1.56. The molecule has 2 atom stereocenters. The van der Waals surface area contributed by atoms with E-state index in [2.05, 4.69) is 4.98 Å². The molecule has 78 valence electrons. The van der Waals surface area contributed by atoms with E-state index in [1.807, 2.05) is 0 Å². The first kappa shape index (κ1) is 10.9. The average molecular weight is 198 g/mol. The van der Waals surface area contributed by atoms with E-state index in [0.29, 0.717) is 5.56 Å². The van der Waals surface area contributed by atoms with Gasteiger partial charge in [0, 0.05) is 12.2 Å². The monoisotopic (exact) mass is 198 g/mol. The summed E-state index contributed by atoms with van der Waals surface area (Å²) in [4.78, 5) is 3.93. The van der Waals surface area contributed by atoms with Gasteiger partial charge in [-0.25, -0.2) is 9.37 Å². The summed E-state index contributed by atoms with van der Waals surface area (Å²) in [5.41, 5.74) is 4.33. The lowest BCUT2D eigenvalue weighted by atomic mass is 9.92. The predicted octanol–water partition coefficient (Wildman–Crippen LogP) is 1.62. The fourth-order valence-corrected chi connectivity index (χ4v) is 1.17. The molecule has 3 nitrogen and oxygen atoms in total. The molecule has 2 unspecified atom stereocenters. The number of hydrogen-bond acceptors (Lipinski definition) is 3. The zero-order valence-corrected chi connectivity index (χ0v) is 8.62. The van der Waals surface area contributed by atoms with Crippen molar-refractivity contribution in [2.75, 3.05) is 7.11 Å². The first-order chi connectivity index (χ1) is 6.50. The summed E-state index contributed by atoms with van der Waals surface area (Å²) >= 11 is 0. The van der Waals surface area contributed by atoms with Crippen LogP contribution in [0.25, 0.3) is 0 Å². The lowest BCUT2D eigenvalue weighted by Gasteiger charge is -2.25. The number of nitrogens with two attached hydrogens (primary N) is 1. The van der Waals surface area contributed by atoms with Crippen LogP contribution >= 0.6 is 0 Å². The molecule has 0 spiro atoms. The van der Waals surface area contributed by atoms with Crippen molar-refractivity contribution in [3.8, 4) is 5.88 Å². The van der Waals surface area contributed by atoms with Crippen molar-refractivity contribution >= 4 is 0 Å². The summed E-state index contributed by atoms with van der Waals surface area (Å²) in [6.45, 7) is 3.05. The molecule has 0 bridgehead atoms. The third kappa shape index (κ3) is 1.85. The highest BCUT2D eigenvalue weighted by Gasteiger charge is 2.33. The second-order valence-corrected chi connectivity index (χ2v) is 3.42. The Hall–Kier alpha value is -1.16. The molecule has 1 rings (SSSR count). The standard InChI is InChI=1S/C10H15FN2O/c1-7(12)10(2,11)8-5-4-6-13-9(8)14-3/h4-7H,12H2,1-3H3. The van der Waals surface area contributed by atoms with Crippen molar-refractivity contribution in [2.24, 2.45) is 5.73 Å². The molecule has 0 aliphatic carbocycles. The summed E-state index contributed by atoms with van der Waals surface area (Å²) in [5.74, 6) is 0.287. The third-order valence-electron chi connectivity index (χ3n) is 2.35. The van der Waals surface area contributed by atoms with Gasteiger partial charge in [0.05, 0.1) is 12.7 Å². The summed E-state index contributed by atoms with van der Waals surface area (Å²) < 4.78 is 19.1. The smallest absolute Gasteiger partial charge is 0.219 e. The highest BCUT2D eigenvalue weighted by Crippen LogP contribution is 2.33. The number of halogens is 1. The highest BCUT2D eigenvalue weighted by molar-refractivity contribution is 5.32. The number of nitrogens with zero attached hydrogens (tertiary/aromatic N) is 1. The van der Waals surface area contributed by atoms with Crippen molar-refractivity contribution in [1.82, 2.24) is 4.98 Å². The van der Waals surface area contributed by atoms with Crippen LogP contribution in [-0.2, 0) is 5.67 Å². The number of methoxy groups -OCH3 is 1. The van der Waals surface area contributed by atoms with Gasteiger partial charge in [0.25, 0.3) is 0 Å². The quantitative estimate of drug-likeness (QED) is 0.802. The van der Waals surface area contributed by atoms with Crippen molar-refractivity contribution in [3.63, 3.8) is 0 Å². The zero-order chi connectivity index (χ0) is 10.8. The molecule has 0 aromatic carbocycles. The molecule has 1 aromatic heterocycles. The van der Waals surface area contributed by atoms with Gasteiger partial charge in [0.2, 0.25) is 5.88 Å². The van der Waals surface area contributed by atoms with Crippen LogP contribution in [0.15, 0.2) is 18.3 Å². The van der Waals surface area contributed by atoms with Gasteiger partial charge in [-0.05, 0) is 26.0 Å². The largest absolute Gasteiger partial charge is 0.481 e. The van der Waals surface area contributed by atoms with Gasteiger partial charge in [-0.15, -0.1) is 0 Å². The van der Waals surface area contributed by atoms with E-state index in [4.69, 9.17) is 10.5 Å². The fraction of sp³-hybridized carbons (Fsp3) is 0.500. The second-order valence-electron chi connectivity index (χ2n) is 3.42. The Balaban J connectivity index is 3.17. The molecule has 2 N–H and O–H groups in total. The number of aromatic nitrogens is 1. The Kier molecular flexibility index (Phi) is 3.06. The van der Waals surface area contributed by atoms with E-state index in [9.17, 15) is 4.39 Å². The van der Waals surface area contributed by atoms with E-state index in [0.717, 1.165) is 0 Å². The van der Waals surface area contributed by atoms with Crippen LogP contribution in [0, 0.1) is 0 Å². The van der Waals surface area contributed by atoms with Gasteiger partial charge in [-0.3, -0.25) is 0 Å². The number of hydrogen-bond donors (Lipinski definition) is 1. The van der Waals surface area contributed by atoms with Crippen LogP contribution < -0.4 is 10.5 Å². The Morgan fingerprint density at radius 3 is 2.79 bits per heavy atom. The van der Waals surface area contributed by atoms with Crippen molar-refractivity contribution in [1.29, 1.82) is 0 Å². The summed E-state index contributed by atoms with van der Waals surface area (Å²) in [6, 6.07) is 2.69. The summed E-state index contributed by atoms with van der Waals surface area (Å²) in [5, 5.41) is 0. The number of rotatable bonds is 3. The van der Waals surface area contributed by atoms with Crippen LogP contribution in [0.5, 0.6) is 5.88 Å². The van der Waals surface area contributed by atoms with Crippen LogP contribution in [0.2, 0.25) is 0 Å². The molecular formula is C10H15FN2O. The molecule has 4 heteroatoms. The van der Waals surface area contributed by atoms with Crippen molar-refractivity contribution in [3.05, 3.63) is 23.9 Å². The van der Waals surface area contributed by atoms with E-state index >= 15 is 0 Å². The fourth-order valence-electron chi connectivity index (χ4n) is 1.17. The highest BCUT2D eigenvalue weighted by atomic mass is 19.1. The molecule has 14 heavy (non-hydrogen) atoms. The minimum absolute atomic E-state index is 0.287. The van der Waals surface area contributed by atoms with E-state index in [-0.39, 0.29) is 5.88 Å². The zero-order valence-electron chi connectivity index (χ0n) is 8.62. The molecule has 0 aliphatic heterocycles. The SMILES string of the molecule is COc1ncccc1C(C)(F)C(C)N. The Morgan fingerprint density at radius 2 is 2.29 bits per heavy atom. The van der Waals surface area contributed by atoms with Gasteiger partial charge >= 0.3 is 0 Å². The Labute approximate surface area is 83.1 Å².